The number of benzene rings is 2. The summed E-state index contributed by atoms with van der Waals surface area (Å²) in [5, 5.41) is 3.75. The van der Waals surface area contributed by atoms with Crippen molar-refractivity contribution in [2.45, 2.75) is 45.7 Å². The van der Waals surface area contributed by atoms with Crippen molar-refractivity contribution in [2.75, 3.05) is 0 Å². The number of hydrogen-bond acceptors (Lipinski definition) is 1. The van der Waals surface area contributed by atoms with Crippen molar-refractivity contribution in [3.8, 4) is 0 Å². The van der Waals surface area contributed by atoms with Crippen molar-refractivity contribution < 1.29 is 0 Å². The minimum absolute atomic E-state index is 0.484. The lowest BCUT2D eigenvalue weighted by molar-refractivity contribution is 0.504. The van der Waals surface area contributed by atoms with E-state index in [1.807, 2.05) is 0 Å². The molecular weight excluding hydrogens is 346 g/mol. The van der Waals surface area contributed by atoms with Gasteiger partial charge in [-0.25, -0.2) is 0 Å². The molecule has 2 aromatic rings. The fourth-order valence-corrected chi connectivity index (χ4v) is 3.85. The van der Waals surface area contributed by atoms with Crippen LogP contribution in [0.1, 0.15) is 42.9 Å². The molecule has 1 atom stereocenters. The van der Waals surface area contributed by atoms with Crippen molar-refractivity contribution >= 4 is 21.5 Å². The van der Waals surface area contributed by atoms with Crippen molar-refractivity contribution in [2.24, 2.45) is 0 Å². The normalized spacial score (nSPS) is 18.3. The van der Waals surface area contributed by atoms with Gasteiger partial charge in [0.1, 0.15) is 0 Å². The molecule has 0 heterocycles. The molecule has 0 bridgehead atoms. The number of hydrogen-bond donors (Lipinski definition) is 1. The molecule has 0 saturated carbocycles. The molecule has 0 saturated heterocycles. The molecule has 0 fully saturated rings. The Morgan fingerprint density at radius 1 is 1.04 bits per heavy atom. The first-order chi connectivity index (χ1) is 11.2. The predicted molar refractivity (Wildman–Crippen MR) is 102 cm³/mol. The van der Waals surface area contributed by atoms with Crippen LogP contribution >= 0.6 is 15.9 Å². The molecule has 3 rings (SSSR count). The first kappa shape index (κ1) is 16.5. The topological polar surface area (TPSA) is 12.0 Å². The molecule has 1 aliphatic carbocycles. The first-order valence-corrected chi connectivity index (χ1v) is 9.18. The summed E-state index contributed by atoms with van der Waals surface area (Å²) in [6.07, 6.45) is 3.67. The van der Waals surface area contributed by atoms with Crippen molar-refractivity contribution in [1.82, 2.24) is 5.32 Å². The summed E-state index contributed by atoms with van der Waals surface area (Å²) < 4.78 is 1.20. The molecule has 1 unspecified atom stereocenters. The van der Waals surface area contributed by atoms with E-state index in [9.17, 15) is 0 Å². The summed E-state index contributed by atoms with van der Waals surface area (Å²) >= 11 is 3.67. The molecule has 0 amide bonds. The van der Waals surface area contributed by atoms with Gasteiger partial charge in [0.2, 0.25) is 0 Å². The Hall–Kier alpha value is -1.38. The van der Waals surface area contributed by atoms with E-state index in [1.54, 1.807) is 0 Å². The van der Waals surface area contributed by atoms with Gasteiger partial charge in [-0.15, -0.1) is 0 Å². The minimum atomic E-state index is 0.484. The molecule has 0 aliphatic heterocycles. The van der Waals surface area contributed by atoms with Gasteiger partial charge in [-0.05, 0) is 61.4 Å². The van der Waals surface area contributed by atoms with E-state index >= 15 is 0 Å². The summed E-state index contributed by atoms with van der Waals surface area (Å²) in [6, 6.07) is 17.7. The van der Waals surface area contributed by atoms with Crippen molar-refractivity contribution in [3.63, 3.8) is 0 Å². The van der Waals surface area contributed by atoms with Gasteiger partial charge >= 0.3 is 0 Å². The van der Waals surface area contributed by atoms with Crippen LogP contribution in [-0.4, -0.2) is 6.04 Å². The molecule has 1 N–H and O–H groups in total. The maximum atomic E-state index is 3.75. The van der Waals surface area contributed by atoms with Gasteiger partial charge in [0, 0.05) is 17.1 Å². The minimum Gasteiger partial charge on any atom is -0.306 e. The highest BCUT2D eigenvalue weighted by atomic mass is 79.9. The van der Waals surface area contributed by atoms with E-state index in [-0.39, 0.29) is 0 Å². The molecule has 120 valence electrons. The third-order valence-electron chi connectivity index (χ3n) is 4.91. The standard InChI is InChI=1S/C21H24BrN/c1-15-18(10-6-12-20(15)22)19-11-7-13-21(16(19)2)23-14-17-8-4-3-5-9-17/h3-6,8-10,12,21,23H,7,11,13-14H2,1-2H3. The van der Waals surface area contributed by atoms with Gasteiger partial charge < -0.3 is 5.32 Å². The number of halogens is 1. The van der Waals surface area contributed by atoms with E-state index in [4.69, 9.17) is 0 Å². The molecule has 2 heteroatoms. The Kier molecular flexibility index (Phi) is 5.34. The van der Waals surface area contributed by atoms with Crippen molar-refractivity contribution in [1.29, 1.82) is 0 Å². The van der Waals surface area contributed by atoms with E-state index in [0.29, 0.717) is 6.04 Å². The third kappa shape index (κ3) is 3.76. The van der Waals surface area contributed by atoms with Crippen LogP contribution in [0.2, 0.25) is 0 Å². The summed E-state index contributed by atoms with van der Waals surface area (Å²) in [5.41, 5.74) is 7.15. The Bertz CT molecular complexity index is 703. The smallest absolute Gasteiger partial charge is 0.0285 e. The highest BCUT2D eigenvalue weighted by Crippen LogP contribution is 2.35. The summed E-state index contributed by atoms with van der Waals surface area (Å²) in [5.74, 6) is 0. The first-order valence-electron chi connectivity index (χ1n) is 8.39. The highest BCUT2D eigenvalue weighted by Gasteiger charge is 2.21. The molecular formula is C21H24BrN. The number of rotatable bonds is 4. The van der Waals surface area contributed by atoms with E-state index < -0.39 is 0 Å². The molecule has 0 spiro atoms. The Labute approximate surface area is 147 Å². The average Bonchev–Trinajstić information content (AvgIpc) is 2.58. The van der Waals surface area contributed by atoms with Crippen LogP contribution < -0.4 is 5.32 Å². The zero-order chi connectivity index (χ0) is 16.2. The maximum absolute atomic E-state index is 3.75. The molecule has 23 heavy (non-hydrogen) atoms. The fraction of sp³-hybridized carbons (Fsp3) is 0.333. The van der Waals surface area contributed by atoms with Crippen molar-refractivity contribution in [3.05, 3.63) is 75.3 Å². The summed E-state index contributed by atoms with van der Waals surface area (Å²) in [7, 11) is 0. The number of nitrogens with one attached hydrogen (secondary N) is 1. The third-order valence-corrected chi connectivity index (χ3v) is 5.77. The SMILES string of the molecule is CC1=C(c2cccc(Br)c2C)CCCC1NCc1ccccc1. The second-order valence-corrected chi connectivity index (χ2v) is 7.24. The van der Waals surface area contributed by atoms with Crippen LogP contribution in [-0.2, 0) is 6.54 Å². The van der Waals surface area contributed by atoms with Gasteiger partial charge in [-0.3, -0.25) is 0 Å². The molecule has 2 aromatic carbocycles. The van der Waals surface area contributed by atoms with E-state index in [0.717, 1.165) is 6.54 Å². The van der Waals surface area contributed by atoms with Crippen LogP contribution in [0.3, 0.4) is 0 Å². The Morgan fingerprint density at radius 2 is 1.83 bits per heavy atom. The Morgan fingerprint density at radius 3 is 2.61 bits per heavy atom. The monoisotopic (exact) mass is 369 g/mol. The summed E-state index contributed by atoms with van der Waals surface area (Å²) in [6.45, 7) is 5.45. The fourth-order valence-electron chi connectivity index (χ4n) is 3.48. The predicted octanol–water partition coefficient (Wildman–Crippen LogP) is 5.87. The number of allylic oxidation sites excluding steroid dienone is 1. The largest absolute Gasteiger partial charge is 0.306 e. The average molecular weight is 370 g/mol. The molecule has 0 aromatic heterocycles. The zero-order valence-corrected chi connectivity index (χ0v) is 15.5. The second-order valence-electron chi connectivity index (χ2n) is 6.39. The summed E-state index contributed by atoms with van der Waals surface area (Å²) in [4.78, 5) is 0. The van der Waals surface area contributed by atoms with Gasteiger partial charge in [0.15, 0.2) is 0 Å². The van der Waals surface area contributed by atoms with Gasteiger partial charge in [-0.1, -0.05) is 64.0 Å². The molecule has 1 aliphatic rings. The van der Waals surface area contributed by atoms with Crippen LogP contribution in [0.4, 0.5) is 0 Å². The van der Waals surface area contributed by atoms with Gasteiger partial charge in [-0.2, -0.15) is 0 Å². The van der Waals surface area contributed by atoms with E-state index in [2.05, 4.69) is 83.6 Å². The Balaban J connectivity index is 1.81. The van der Waals surface area contributed by atoms with Crippen LogP contribution in [0.5, 0.6) is 0 Å². The second kappa shape index (κ2) is 7.46. The van der Waals surface area contributed by atoms with Crippen LogP contribution in [0, 0.1) is 6.92 Å². The maximum Gasteiger partial charge on any atom is 0.0285 e. The van der Waals surface area contributed by atoms with Crippen LogP contribution in [0.15, 0.2) is 58.6 Å². The molecule has 1 nitrogen and oxygen atoms in total. The van der Waals surface area contributed by atoms with Gasteiger partial charge in [0.25, 0.3) is 0 Å². The lowest BCUT2D eigenvalue weighted by Crippen LogP contribution is -2.32. The lowest BCUT2D eigenvalue weighted by Gasteiger charge is -2.29. The zero-order valence-electron chi connectivity index (χ0n) is 13.9. The van der Waals surface area contributed by atoms with Crippen LogP contribution in [0.25, 0.3) is 5.57 Å². The van der Waals surface area contributed by atoms with Gasteiger partial charge in [0.05, 0.1) is 0 Å². The molecule has 0 radical (unpaired) electrons. The lowest BCUT2D eigenvalue weighted by atomic mass is 9.83. The van der Waals surface area contributed by atoms with E-state index in [1.165, 1.54) is 51.6 Å². The quantitative estimate of drug-likeness (QED) is 0.709. The highest BCUT2D eigenvalue weighted by molar-refractivity contribution is 9.10.